The summed E-state index contributed by atoms with van der Waals surface area (Å²) in [7, 11) is -0.602. The normalized spacial score (nSPS) is 19.3. The van der Waals surface area contributed by atoms with Crippen molar-refractivity contribution in [3.05, 3.63) is 64.8 Å². The second kappa shape index (κ2) is 13.6. The highest BCUT2D eigenvalue weighted by Crippen LogP contribution is 2.34. The molecule has 0 radical (unpaired) electrons. The van der Waals surface area contributed by atoms with Gasteiger partial charge in [-0.25, -0.2) is 13.4 Å². The van der Waals surface area contributed by atoms with E-state index in [0.717, 1.165) is 37.9 Å². The van der Waals surface area contributed by atoms with Crippen LogP contribution >= 0.6 is 11.6 Å². The quantitative estimate of drug-likeness (QED) is 0.166. The number of sulfonamides is 1. The van der Waals surface area contributed by atoms with Gasteiger partial charge in [-0.05, 0) is 67.5 Å². The van der Waals surface area contributed by atoms with Crippen LogP contribution in [0.4, 0.5) is 23.1 Å². The summed E-state index contributed by atoms with van der Waals surface area (Å²) < 4.78 is 33.2. The summed E-state index contributed by atoms with van der Waals surface area (Å²) >= 11 is 6.47. The number of ether oxygens (including phenoxy) is 1. The van der Waals surface area contributed by atoms with Gasteiger partial charge in [0.25, 0.3) is 5.95 Å². The van der Waals surface area contributed by atoms with E-state index in [2.05, 4.69) is 32.7 Å². The molecule has 2 aliphatic rings. The van der Waals surface area contributed by atoms with Crippen LogP contribution in [0.2, 0.25) is 5.02 Å². The maximum absolute atomic E-state index is 13.4. The Morgan fingerprint density at radius 1 is 1.12 bits per heavy atom. The van der Waals surface area contributed by atoms with Gasteiger partial charge >= 0.3 is 0 Å². The fourth-order valence-electron chi connectivity index (χ4n) is 5.42. The summed E-state index contributed by atoms with van der Waals surface area (Å²) in [6.07, 6.45) is 5.18. The van der Waals surface area contributed by atoms with Crippen molar-refractivity contribution in [2.45, 2.75) is 49.1 Å². The molecule has 3 aromatic rings. The summed E-state index contributed by atoms with van der Waals surface area (Å²) in [6.45, 7) is 1.84. The number of halogens is 1. The molecule has 1 aromatic heterocycles. The van der Waals surface area contributed by atoms with Crippen LogP contribution < -0.4 is 15.7 Å². The standard InChI is InChI=1S/C29H37ClN6O5S/c1-40-16-14-31-22-10-7-20-9-12-23(17-21(20)8-11-22)36(41-2)29-32-18-25(30)28(34-29)33-26-5-3-4-6-27(26)42(38,39)35-15-13-24(37)19-35/h3-6,9,12,17-18,22,24,31,37H,7-8,10-11,13-16,19H2,1-2H3,(H,32,33,34). The van der Waals surface area contributed by atoms with Crippen molar-refractivity contribution in [1.29, 1.82) is 0 Å². The molecular weight excluding hydrogens is 580 g/mol. The molecule has 2 aromatic carbocycles. The molecule has 2 unspecified atom stereocenters. The number of hydrogen-bond acceptors (Lipinski definition) is 10. The lowest BCUT2D eigenvalue weighted by Crippen LogP contribution is -2.32. The van der Waals surface area contributed by atoms with Crippen LogP contribution in [0.15, 0.2) is 53.6 Å². The van der Waals surface area contributed by atoms with Crippen LogP contribution in [0.3, 0.4) is 0 Å². The predicted octanol–water partition coefficient (Wildman–Crippen LogP) is 3.81. The Morgan fingerprint density at radius 3 is 2.64 bits per heavy atom. The summed E-state index contributed by atoms with van der Waals surface area (Å²) in [4.78, 5) is 14.8. The zero-order valence-electron chi connectivity index (χ0n) is 23.8. The van der Waals surface area contributed by atoms with Crippen molar-refractivity contribution >= 4 is 44.8 Å². The fraction of sp³-hybridized carbons (Fsp3) is 0.448. The van der Waals surface area contributed by atoms with Crippen molar-refractivity contribution in [3.63, 3.8) is 0 Å². The minimum Gasteiger partial charge on any atom is -0.392 e. The third-order valence-corrected chi connectivity index (χ3v) is 9.87. The molecule has 2 atom stereocenters. The molecule has 11 nitrogen and oxygen atoms in total. The van der Waals surface area contributed by atoms with Gasteiger partial charge in [0.05, 0.1) is 37.4 Å². The van der Waals surface area contributed by atoms with Crippen molar-refractivity contribution in [2.75, 3.05) is 50.8 Å². The number of anilines is 4. The lowest BCUT2D eigenvalue weighted by Gasteiger charge is -2.22. The van der Waals surface area contributed by atoms with E-state index in [1.165, 1.54) is 32.8 Å². The van der Waals surface area contributed by atoms with Crippen molar-refractivity contribution < 1.29 is 23.1 Å². The zero-order chi connectivity index (χ0) is 29.7. The van der Waals surface area contributed by atoms with Crippen LogP contribution in [0, 0.1) is 0 Å². The highest BCUT2D eigenvalue weighted by Gasteiger charge is 2.33. The van der Waals surface area contributed by atoms with Gasteiger partial charge in [0.1, 0.15) is 9.92 Å². The molecule has 0 saturated carbocycles. The average Bonchev–Trinajstić information content (AvgIpc) is 3.34. The van der Waals surface area contributed by atoms with Gasteiger partial charge in [-0.2, -0.15) is 14.4 Å². The zero-order valence-corrected chi connectivity index (χ0v) is 25.4. The number of methoxy groups -OCH3 is 1. The number of fused-ring (bicyclic) bond motifs is 1. The van der Waals surface area contributed by atoms with E-state index in [0.29, 0.717) is 24.8 Å². The maximum atomic E-state index is 13.4. The molecule has 1 aliphatic carbocycles. The van der Waals surface area contributed by atoms with E-state index in [1.807, 2.05) is 6.07 Å². The van der Waals surface area contributed by atoms with Crippen LogP contribution in [0.25, 0.3) is 0 Å². The number of rotatable bonds is 11. The van der Waals surface area contributed by atoms with Crippen LogP contribution in [-0.4, -0.2) is 80.4 Å². The Morgan fingerprint density at radius 2 is 1.90 bits per heavy atom. The van der Waals surface area contributed by atoms with Crippen molar-refractivity contribution in [2.24, 2.45) is 0 Å². The highest BCUT2D eigenvalue weighted by molar-refractivity contribution is 7.89. The van der Waals surface area contributed by atoms with Gasteiger partial charge in [-0.15, -0.1) is 0 Å². The Kier molecular flexibility index (Phi) is 9.94. The third kappa shape index (κ3) is 6.86. The first-order valence-corrected chi connectivity index (χ1v) is 15.9. The lowest BCUT2D eigenvalue weighted by atomic mass is 10.0. The number of benzene rings is 2. The Bertz CT molecular complexity index is 1490. The van der Waals surface area contributed by atoms with Gasteiger partial charge in [0, 0.05) is 32.8 Å². The highest BCUT2D eigenvalue weighted by atomic mass is 35.5. The van der Waals surface area contributed by atoms with Gasteiger partial charge in [0.15, 0.2) is 5.82 Å². The summed E-state index contributed by atoms with van der Waals surface area (Å²) in [5, 5.41) is 18.3. The molecule has 13 heteroatoms. The van der Waals surface area contributed by atoms with Crippen molar-refractivity contribution in [1.82, 2.24) is 19.6 Å². The predicted molar refractivity (Wildman–Crippen MR) is 162 cm³/mol. The van der Waals surface area contributed by atoms with E-state index in [-0.39, 0.29) is 34.8 Å². The van der Waals surface area contributed by atoms with Crippen molar-refractivity contribution in [3.8, 4) is 0 Å². The monoisotopic (exact) mass is 616 g/mol. The number of hydrogen-bond donors (Lipinski definition) is 3. The van der Waals surface area contributed by atoms with E-state index in [4.69, 9.17) is 21.2 Å². The van der Waals surface area contributed by atoms with E-state index >= 15 is 0 Å². The number of aryl methyl sites for hydroxylation is 2. The minimum atomic E-state index is -3.85. The number of β-amino-alcohol motifs (C(OH)–C–C–N with tert-alkyl or cyclic N) is 1. The van der Waals surface area contributed by atoms with E-state index in [1.54, 1.807) is 32.4 Å². The molecule has 3 N–H and O–H groups in total. The van der Waals surface area contributed by atoms with Gasteiger partial charge in [0.2, 0.25) is 10.0 Å². The molecule has 1 saturated heterocycles. The number of aliphatic hydroxyl groups is 1. The molecule has 0 bridgehead atoms. The fourth-order valence-corrected chi connectivity index (χ4v) is 7.20. The molecule has 226 valence electrons. The summed E-state index contributed by atoms with van der Waals surface area (Å²) in [5.41, 5.74) is 3.65. The lowest BCUT2D eigenvalue weighted by molar-refractivity contribution is 0.189. The maximum Gasteiger partial charge on any atom is 0.256 e. The number of nitrogens with one attached hydrogen (secondary N) is 2. The van der Waals surface area contributed by atoms with Gasteiger partial charge < -0.3 is 20.5 Å². The second-order valence-electron chi connectivity index (χ2n) is 10.4. The molecule has 0 spiro atoms. The smallest absolute Gasteiger partial charge is 0.256 e. The van der Waals surface area contributed by atoms with E-state index in [9.17, 15) is 13.5 Å². The van der Waals surface area contributed by atoms with Crippen LogP contribution in [0.5, 0.6) is 0 Å². The Hall–Kier alpha value is -2.84. The number of aromatic nitrogens is 2. The SMILES string of the molecule is COCCNC1CCc2ccc(N(OC)c3ncc(Cl)c(Nc4ccccc4S(=O)(=O)N4CCC(O)C4)n3)cc2CC1. The number of nitrogens with zero attached hydrogens (tertiary/aromatic N) is 4. The molecular formula is C29H37ClN6O5S. The molecule has 1 fully saturated rings. The largest absolute Gasteiger partial charge is 0.392 e. The molecule has 1 aliphatic heterocycles. The second-order valence-corrected chi connectivity index (χ2v) is 12.8. The average molecular weight is 617 g/mol. The Labute approximate surface area is 251 Å². The summed E-state index contributed by atoms with van der Waals surface area (Å²) in [6, 6.07) is 13.2. The minimum absolute atomic E-state index is 0.0592. The van der Waals surface area contributed by atoms with Gasteiger partial charge in [-0.1, -0.05) is 29.8 Å². The molecule has 2 heterocycles. The van der Waals surface area contributed by atoms with Crippen LogP contribution in [0.1, 0.15) is 30.4 Å². The first-order valence-electron chi connectivity index (χ1n) is 14.1. The Balaban J connectivity index is 1.37. The molecule has 5 rings (SSSR count). The first-order chi connectivity index (χ1) is 20.3. The summed E-state index contributed by atoms with van der Waals surface area (Å²) in [5.74, 6) is 0.465. The number of para-hydroxylation sites is 1. The molecule has 42 heavy (non-hydrogen) atoms. The van der Waals surface area contributed by atoms with Crippen LogP contribution in [-0.2, 0) is 32.4 Å². The third-order valence-electron chi connectivity index (χ3n) is 7.67. The van der Waals surface area contributed by atoms with E-state index < -0.39 is 16.1 Å². The van der Waals surface area contributed by atoms with Gasteiger partial charge in [-0.3, -0.25) is 4.84 Å². The topological polar surface area (TPSA) is 129 Å². The number of aliphatic hydroxyl groups excluding tert-OH is 1. The molecule has 0 amide bonds. The first kappa shape index (κ1) is 30.6.